The van der Waals surface area contributed by atoms with Gasteiger partial charge in [-0.3, -0.25) is 0 Å². The Balaban J connectivity index is -0.0000000125. The minimum absolute atomic E-state index is 0. The van der Waals surface area contributed by atoms with Gasteiger partial charge in [-0.2, -0.15) is 0 Å². The number of hydrogen-bond acceptors (Lipinski definition) is 3. The smallest absolute Gasteiger partial charge is 0.598 e. The Hall–Kier alpha value is 1.50. The first-order chi connectivity index (χ1) is 3.73. The van der Waals surface area contributed by atoms with Gasteiger partial charge in [0.25, 0.3) is 8.25 Å². The Kier molecular flexibility index (Phi) is 140. The molecular weight excluding hydrogens is 173 g/mol. The maximum Gasteiger partial charge on any atom is 1.00 e. The van der Waals surface area contributed by atoms with Gasteiger partial charge in [0, 0.05) is 0 Å². The van der Waals surface area contributed by atoms with Gasteiger partial charge < -0.3 is 9.79 Å². The summed E-state index contributed by atoms with van der Waals surface area (Å²) in [5.41, 5.74) is 0. The second kappa shape index (κ2) is 46.8. The van der Waals surface area contributed by atoms with Crippen LogP contribution in [0.5, 0.6) is 0 Å². The van der Waals surface area contributed by atoms with Crippen LogP contribution in [0.25, 0.3) is 0 Å². The normalized spacial score (nSPS) is 3.40. The van der Waals surface area contributed by atoms with Crippen LogP contribution in [0.2, 0.25) is 0 Å². The van der Waals surface area contributed by atoms with E-state index in [9.17, 15) is 0 Å². The fraction of sp³-hybridized carbons (Fsp3) is 0. The molecule has 6 heteroatoms. The van der Waals surface area contributed by atoms with Gasteiger partial charge in [-0.25, -0.2) is 0 Å². The number of rotatable bonds is 0. The van der Waals surface area contributed by atoms with Crippen molar-refractivity contribution in [3.05, 3.63) is 26.3 Å². The largest absolute Gasteiger partial charge is 1.00 e. The molecule has 0 rings (SSSR count). The average Bonchev–Trinajstić information content (AvgIpc) is 1.75. The van der Waals surface area contributed by atoms with Crippen molar-refractivity contribution >= 4 is 8.25 Å². The van der Waals surface area contributed by atoms with E-state index in [1.165, 1.54) is 0 Å². The molecule has 0 atom stereocenters. The van der Waals surface area contributed by atoms with Crippen molar-refractivity contribution < 1.29 is 73.5 Å². The van der Waals surface area contributed by atoms with Crippen molar-refractivity contribution in [1.82, 2.24) is 0 Å². The zero-order valence-electron chi connectivity index (χ0n) is 6.50. The van der Waals surface area contributed by atoms with Gasteiger partial charge in [0.2, 0.25) is 0 Å². The summed E-state index contributed by atoms with van der Waals surface area (Å²) in [5, 5.41) is 0. The van der Waals surface area contributed by atoms with Gasteiger partial charge in [-0.05, 0) is 0 Å². The third-order valence-electron chi connectivity index (χ3n) is 0. The summed E-state index contributed by atoms with van der Waals surface area (Å²) in [7, 11) is -3.37. The van der Waals surface area contributed by atoms with Crippen molar-refractivity contribution in [1.29, 1.82) is 0 Å². The summed E-state index contributed by atoms with van der Waals surface area (Å²) >= 11 is 0. The standard InChI is InChI=1S/2C2H4.2Na.HO3P/c2*1-2;;;1-4(2)3/h2*1-2H2;;;(H,1,2,3)/q;;2*+1;/p-1. The third-order valence-corrected chi connectivity index (χ3v) is 0. The fourth-order valence-electron chi connectivity index (χ4n) is 0. The first-order valence-electron chi connectivity index (χ1n) is 1.55. The van der Waals surface area contributed by atoms with Crippen LogP contribution >= 0.6 is 8.25 Å². The van der Waals surface area contributed by atoms with E-state index in [-0.39, 0.29) is 59.1 Å². The first-order valence-corrected chi connectivity index (χ1v) is 2.64. The molecule has 48 valence electrons. The van der Waals surface area contributed by atoms with Crippen molar-refractivity contribution in [2.45, 2.75) is 0 Å². The fourth-order valence-corrected chi connectivity index (χ4v) is 0. The summed E-state index contributed by atoms with van der Waals surface area (Å²) in [5.74, 6) is 0. The van der Waals surface area contributed by atoms with E-state index >= 15 is 0 Å². The average molecular weight is 181 g/mol. The first kappa shape index (κ1) is 30.0. The second-order valence-corrected chi connectivity index (χ2v) is 0.671. The molecule has 0 aliphatic carbocycles. The van der Waals surface area contributed by atoms with E-state index in [2.05, 4.69) is 26.3 Å². The summed E-state index contributed by atoms with van der Waals surface area (Å²) < 4.78 is 8.48. The Morgan fingerprint density at radius 3 is 0.900 bits per heavy atom. The molecule has 0 fully saturated rings. The predicted octanol–water partition coefficient (Wildman–Crippen LogP) is -6.02. The molecule has 0 heterocycles. The van der Waals surface area contributed by atoms with Gasteiger partial charge in [-0.1, -0.05) is 4.57 Å². The van der Waals surface area contributed by atoms with Crippen LogP contribution in [0.3, 0.4) is 0 Å². The predicted molar refractivity (Wildman–Crippen MR) is 30.1 cm³/mol. The molecule has 10 heavy (non-hydrogen) atoms. The maximum absolute atomic E-state index is 8.48. The zero-order valence-corrected chi connectivity index (χ0v) is 11.4. The minimum atomic E-state index is -3.37. The zero-order chi connectivity index (χ0) is 7.58. The molecule has 0 aromatic rings. The Morgan fingerprint density at radius 2 is 0.900 bits per heavy atom. The summed E-state index contributed by atoms with van der Waals surface area (Å²) in [6.07, 6.45) is 0. The third kappa shape index (κ3) is 305. The van der Waals surface area contributed by atoms with Crippen LogP contribution < -0.4 is 68.9 Å². The van der Waals surface area contributed by atoms with E-state index in [0.717, 1.165) is 0 Å². The Bertz CT molecular complexity index is 56.5. The van der Waals surface area contributed by atoms with E-state index in [1.54, 1.807) is 0 Å². The Labute approximate surface area is 107 Å². The molecule has 0 saturated heterocycles. The number of hydrogen-bond donors (Lipinski definition) is 0. The van der Waals surface area contributed by atoms with Crippen LogP contribution in [0.15, 0.2) is 26.3 Å². The van der Waals surface area contributed by atoms with Crippen LogP contribution in [-0.4, -0.2) is 0 Å². The van der Waals surface area contributed by atoms with E-state index in [1.807, 2.05) is 0 Å². The van der Waals surface area contributed by atoms with Crippen LogP contribution in [-0.2, 0) is 4.57 Å². The quantitative estimate of drug-likeness (QED) is 0.212. The molecule has 0 saturated carbocycles. The second-order valence-electron chi connectivity index (χ2n) is 0.224. The summed E-state index contributed by atoms with van der Waals surface area (Å²) in [4.78, 5) is 17.0. The maximum atomic E-state index is 8.48. The molecule has 0 amide bonds. The van der Waals surface area contributed by atoms with E-state index < -0.39 is 8.25 Å². The summed E-state index contributed by atoms with van der Waals surface area (Å²) in [6, 6.07) is 0. The molecule has 0 N–H and O–H groups in total. The van der Waals surface area contributed by atoms with Gasteiger partial charge in [0.1, 0.15) is 0 Å². The van der Waals surface area contributed by atoms with E-state index in [0.29, 0.717) is 0 Å². The van der Waals surface area contributed by atoms with Gasteiger partial charge in [-0.15, -0.1) is 26.3 Å². The molecule has 3 nitrogen and oxygen atoms in total. The van der Waals surface area contributed by atoms with Crippen molar-refractivity contribution in [3.8, 4) is 0 Å². The molecule has 0 aliphatic rings. The molecule has 0 radical (unpaired) electrons. The van der Waals surface area contributed by atoms with Crippen LogP contribution in [0.4, 0.5) is 0 Å². The molecule has 0 aromatic carbocycles. The molecule has 0 bridgehead atoms. The molecule has 0 spiro atoms. The van der Waals surface area contributed by atoms with E-state index in [4.69, 9.17) is 14.4 Å². The van der Waals surface area contributed by atoms with Crippen molar-refractivity contribution in [2.24, 2.45) is 0 Å². The van der Waals surface area contributed by atoms with Crippen molar-refractivity contribution in [2.75, 3.05) is 0 Å². The van der Waals surface area contributed by atoms with Crippen LogP contribution in [0.1, 0.15) is 0 Å². The molecule has 0 aromatic heterocycles. The minimum Gasteiger partial charge on any atom is -0.598 e. The molecule has 0 unspecified atom stereocenters. The summed E-state index contributed by atoms with van der Waals surface area (Å²) in [6.45, 7) is 12.0. The van der Waals surface area contributed by atoms with Gasteiger partial charge in [0.15, 0.2) is 0 Å². The van der Waals surface area contributed by atoms with Crippen LogP contribution in [0, 0.1) is 0 Å². The Morgan fingerprint density at radius 1 is 0.900 bits per heavy atom. The molecular formula is C4H8Na2O3P+. The van der Waals surface area contributed by atoms with Gasteiger partial charge >= 0.3 is 59.1 Å². The van der Waals surface area contributed by atoms with Crippen molar-refractivity contribution in [3.63, 3.8) is 0 Å². The topological polar surface area (TPSA) is 63.2 Å². The van der Waals surface area contributed by atoms with Gasteiger partial charge in [0.05, 0.1) is 0 Å². The monoisotopic (exact) mass is 181 g/mol. The SMILES string of the molecule is C=C.C=C.O=[P+]([O-])[O-].[Na+].[Na+]. The molecule has 0 aliphatic heterocycles.